The largest absolute Gasteiger partial charge is 0.368 e. The summed E-state index contributed by atoms with van der Waals surface area (Å²) in [6.07, 6.45) is 11.2. The van der Waals surface area contributed by atoms with E-state index in [1.54, 1.807) is 0 Å². The van der Waals surface area contributed by atoms with Crippen LogP contribution in [-0.4, -0.2) is 46.6 Å². The van der Waals surface area contributed by atoms with Crippen LogP contribution in [0.4, 0.5) is 10.2 Å². The van der Waals surface area contributed by atoms with Crippen LogP contribution in [0.2, 0.25) is 0 Å². The molecule has 0 radical (unpaired) electrons. The first-order valence-corrected chi connectivity index (χ1v) is 9.79. The molecule has 1 fully saturated rings. The second kappa shape index (κ2) is 8.00. The van der Waals surface area contributed by atoms with E-state index in [0.29, 0.717) is 31.3 Å². The second-order valence-corrected chi connectivity index (χ2v) is 7.32. The Hall–Kier alpha value is -2.90. The molecule has 8 heteroatoms. The third-order valence-corrected chi connectivity index (χ3v) is 5.30. The highest BCUT2D eigenvalue weighted by molar-refractivity contribution is 5.80. The molecule has 0 bridgehead atoms. The zero-order valence-corrected chi connectivity index (χ0v) is 15.9. The van der Waals surface area contributed by atoms with Gasteiger partial charge >= 0.3 is 0 Å². The van der Waals surface area contributed by atoms with Gasteiger partial charge in [-0.15, -0.1) is 0 Å². The number of rotatable bonds is 6. The minimum absolute atomic E-state index is 0.00445. The monoisotopic (exact) mass is 384 g/mol. The molecule has 28 heavy (non-hydrogen) atoms. The number of halogens is 1. The summed E-state index contributed by atoms with van der Waals surface area (Å²) in [5, 5.41) is 9.54. The smallest absolute Gasteiger partial charge is 0.222 e. The van der Waals surface area contributed by atoms with E-state index >= 15 is 0 Å². The third kappa shape index (κ3) is 3.72. The number of nitrogens with one attached hydrogen (secondary N) is 3. The molecule has 148 valence electrons. The molecule has 0 spiro atoms. The van der Waals surface area contributed by atoms with Gasteiger partial charge in [0.2, 0.25) is 5.91 Å². The van der Waals surface area contributed by atoms with Gasteiger partial charge in [0.1, 0.15) is 6.17 Å². The van der Waals surface area contributed by atoms with E-state index in [2.05, 4.69) is 25.9 Å². The maximum Gasteiger partial charge on any atom is 0.222 e. The molecule has 0 aromatic carbocycles. The van der Waals surface area contributed by atoms with Gasteiger partial charge in [-0.25, -0.2) is 14.4 Å². The molecule has 1 amide bonds. The summed E-state index contributed by atoms with van der Waals surface area (Å²) in [7, 11) is 0. The zero-order chi connectivity index (χ0) is 19.5. The third-order valence-electron chi connectivity index (χ3n) is 5.30. The van der Waals surface area contributed by atoms with E-state index in [1.165, 1.54) is 6.20 Å². The predicted molar refractivity (Wildman–Crippen MR) is 105 cm³/mol. The van der Waals surface area contributed by atoms with Gasteiger partial charge in [0.15, 0.2) is 17.5 Å². The lowest BCUT2D eigenvalue weighted by atomic mass is 10.0. The van der Waals surface area contributed by atoms with Gasteiger partial charge in [-0.3, -0.25) is 4.79 Å². The SMILES string of the molecule is CCCC(=O)N1CCC(CNc2nc(C3=CNC4NC=CC=C34)ncc2F)C1. The summed E-state index contributed by atoms with van der Waals surface area (Å²) in [6.45, 7) is 4.08. The number of hydrogen-bond donors (Lipinski definition) is 3. The normalized spacial score (nSPS) is 22.9. The van der Waals surface area contributed by atoms with Crippen LogP contribution in [0.25, 0.3) is 5.57 Å². The fourth-order valence-electron chi connectivity index (χ4n) is 3.78. The van der Waals surface area contributed by atoms with E-state index in [1.807, 2.05) is 36.4 Å². The Morgan fingerprint density at radius 2 is 2.32 bits per heavy atom. The molecule has 1 aromatic heterocycles. The van der Waals surface area contributed by atoms with Gasteiger partial charge in [0.05, 0.1) is 6.20 Å². The van der Waals surface area contributed by atoms with Crippen LogP contribution in [-0.2, 0) is 4.79 Å². The molecule has 0 saturated carbocycles. The average Bonchev–Trinajstić information content (AvgIpc) is 3.35. The van der Waals surface area contributed by atoms with Crippen LogP contribution in [0, 0.1) is 11.7 Å². The lowest BCUT2D eigenvalue weighted by Gasteiger charge is -2.18. The molecular weight excluding hydrogens is 359 g/mol. The number of nitrogens with zero attached hydrogens (tertiary/aromatic N) is 3. The molecule has 3 N–H and O–H groups in total. The molecule has 2 unspecified atom stereocenters. The highest BCUT2D eigenvalue weighted by atomic mass is 19.1. The molecule has 7 nitrogen and oxygen atoms in total. The first kappa shape index (κ1) is 18.5. The molecule has 4 rings (SSSR count). The molecule has 1 aromatic rings. The van der Waals surface area contributed by atoms with Crippen LogP contribution in [0.15, 0.2) is 36.3 Å². The number of anilines is 1. The number of aromatic nitrogens is 2. The van der Waals surface area contributed by atoms with Gasteiger partial charge in [0, 0.05) is 43.4 Å². The fraction of sp³-hybridized carbons (Fsp3) is 0.450. The Balaban J connectivity index is 1.41. The van der Waals surface area contributed by atoms with Crippen molar-refractivity contribution in [1.82, 2.24) is 25.5 Å². The van der Waals surface area contributed by atoms with Gasteiger partial charge < -0.3 is 20.9 Å². The molecule has 2 atom stereocenters. The summed E-state index contributed by atoms with van der Waals surface area (Å²) >= 11 is 0. The number of fused-ring (bicyclic) bond motifs is 1. The first-order chi connectivity index (χ1) is 13.7. The van der Waals surface area contributed by atoms with Crippen molar-refractivity contribution in [2.24, 2.45) is 5.92 Å². The van der Waals surface area contributed by atoms with Crippen molar-refractivity contribution in [3.8, 4) is 0 Å². The van der Waals surface area contributed by atoms with Gasteiger partial charge in [-0.2, -0.15) is 0 Å². The minimum Gasteiger partial charge on any atom is -0.368 e. The Kier molecular flexibility index (Phi) is 5.27. The second-order valence-electron chi connectivity index (χ2n) is 7.32. The van der Waals surface area contributed by atoms with Crippen molar-refractivity contribution in [3.05, 3.63) is 48.0 Å². The van der Waals surface area contributed by atoms with Gasteiger partial charge in [-0.05, 0) is 31.0 Å². The van der Waals surface area contributed by atoms with E-state index in [4.69, 9.17) is 0 Å². The Bertz CT molecular complexity index is 849. The highest BCUT2D eigenvalue weighted by Crippen LogP contribution is 2.29. The standard InChI is InChI=1S/C20H25FN6O/c1-2-4-17(28)27-8-6-13(12-27)9-23-20-16(21)11-25-19(26-20)15-10-24-18-14(15)5-3-7-22-18/h3,5,7,10-11,13,18,22,24H,2,4,6,8-9,12H2,1H3,(H,23,25,26). The number of carbonyl (C=O) groups is 1. The van der Waals surface area contributed by atoms with Crippen LogP contribution in [0.5, 0.6) is 0 Å². The molecule has 4 heterocycles. The van der Waals surface area contributed by atoms with Crippen molar-refractivity contribution in [2.75, 3.05) is 25.0 Å². The summed E-state index contributed by atoms with van der Waals surface area (Å²) in [4.78, 5) is 22.5. The van der Waals surface area contributed by atoms with E-state index < -0.39 is 5.82 Å². The van der Waals surface area contributed by atoms with Crippen LogP contribution in [0.1, 0.15) is 32.0 Å². The molecule has 3 aliphatic rings. The summed E-state index contributed by atoms with van der Waals surface area (Å²) in [6, 6.07) is 0. The number of dihydropyridines is 1. The molecule has 1 saturated heterocycles. The zero-order valence-electron chi connectivity index (χ0n) is 15.9. The number of likely N-dealkylation sites (tertiary alicyclic amines) is 1. The fourth-order valence-corrected chi connectivity index (χ4v) is 3.78. The van der Waals surface area contributed by atoms with Crippen LogP contribution >= 0.6 is 0 Å². The quantitative estimate of drug-likeness (QED) is 0.696. The van der Waals surface area contributed by atoms with Crippen LogP contribution < -0.4 is 16.0 Å². The Morgan fingerprint density at radius 1 is 1.43 bits per heavy atom. The summed E-state index contributed by atoms with van der Waals surface area (Å²) < 4.78 is 14.2. The van der Waals surface area contributed by atoms with Crippen molar-refractivity contribution < 1.29 is 9.18 Å². The van der Waals surface area contributed by atoms with E-state index in [0.717, 1.165) is 30.5 Å². The lowest BCUT2D eigenvalue weighted by molar-refractivity contribution is -0.130. The van der Waals surface area contributed by atoms with Crippen molar-refractivity contribution in [3.63, 3.8) is 0 Å². The van der Waals surface area contributed by atoms with Gasteiger partial charge in [-0.1, -0.05) is 13.0 Å². The average molecular weight is 384 g/mol. The maximum atomic E-state index is 14.2. The van der Waals surface area contributed by atoms with Crippen molar-refractivity contribution in [1.29, 1.82) is 0 Å². The topological polar surface area (TPSA) is 82.2 Å². The summed E-state index contributed by atoms with van der Waals surface area (Å²) in [5.41, 5.74) is 1.88. The molecular formula is C20H25FN6O. The van der Waals surface area contributed by atoms with Crippen LogP contribution in [0.3, 0.4) is 0 Å². The number of allylic oxidation sites excluding steroid dienone is 2. The highest BCUT2D eigenvalue weighted by Gasteiger charge is 2.28. The number of amides is 1. The number of carbonyl (C=O) groups excluding carboxylic acids is 1. The molecule has 0 aliphatic carbocycles. The van der Waals surface area contributed by atoms with Crippen molar-refractivity contribution >= 4 is 17.3 Å². The Morgan fingerprint density at radius 3 is 3.18 bits per heavy atom. The summed E-state index contributed by atoms with van der Waals surface area (Å²) in [5.74, 6) is 0.713. The molecule has 3 aliphatic heterocycles. The van der Waals surface area contributed by atoms with E-state index in [-0.39, 0.29) is 17.9 Å². The minimum atomic E-state index is -0.473. The Labute approximate surface area is 163 Å². The van der Waals surface area contributed by atoms with E-state index in [9.17, 15) is 9.18 Å². The first-order valence-electron chi connectivity index (χ1n) is 9.79. The lowest BCUT2D eigenvalue weighted by Crippen LogP contribution is -2.35. The predicted octanol–water partition coefficient (Wildman–Crippen LogP) is 1.99. The number of hydrogen-bond acceptors (Lipinski definition) is 6. The van der Waals surface area contributed by atoms with Gasteiger partial charge in [0.25, 0.3) is 0 Å². The van der Waals surface area contributed by atoms with Crippen molar-refractivity contribution in [2.45, 2.75) is 32.4 Å². The maximum absolute atomic E-state index is 14.2.